The number of hydrogen-bond acceptors (Lipinski definition) is 6. The van der Waals surface area contributed by atoms with Gasteiger partial charge in [0.1, 0.15) is 11.5 Å². The molecule has 2 saturated heterocycles. The summed E-state index contributed by atoms with van der Waals surface area (Å²) in [4.78, 5) is 29.4. The highest BCUT2D eigenvalue weighted by Gasteiger charge is 2.53. The van der Waals surface area contributed by atoms with Crippen LogP contribution in [-0.4, -0.2) is 70.1 Å². The van der Waals surface area contributed by atoms with Crippen LogP contribution < -0.4 is 9.47 Å². The average Bonchev–Trinajstić information content (AvgIpc) is 3.16. The lowest BCUT2D eigenvalue weighted by Gasteiger charge is -2.44. The smallest absolute Gasteiger partial charge is 0.325 e. The zero-order chi connectivity index (χ0) is 26.9. The Morgan fingerprint density at radius 1 is 1.03 bits per heavy atom. The molecule has 1 spiro atoms. The maximum Gasteiger partial charge on any atom is 0.325 e. The summed E-state index contributed by atoms with van der Waals surface area (Å²) < 4.78 is 11.1. The van der Waals surface area contributed by atoms with E-state index < -0.39 is 0 Å². The van der Waals surface area contributed by atoms with E-state index in [4.69, 9.17) is 9.47 Å². The monoisotopic (exact) mass is 515 g/mol. The molecule has 2 amide bonds. The average molecular weight is 516 g/mol. The van der Waals surface area contributed by atoms with Gasteiger partial charge < -0.3 is 14.4 Å². The fraction of sp³-hybridized carbons (Fsp3) is 0.433. The number of hydrogen-bond donors (Lipinski definition) is 0. The quantitative estimate of drug-likeness (QED) is 0.433. The van der Waals surface area contributed by atoms with Crippen molar-refractivity contribution in [3.63, 3.8) is 0 Å². The number of para-hydroxylation sites is 1. The molecule has 8 nitrogen and oxygen atoms in total. The molecule has 2 aliphatic heterocycles. The molecule has 0 aliphatic carbocycles. The van der Waals surface area contributed by atoms with Gasteiger partial charge in [0.2, 0.25) is 0 Å². The summed E-state index contributed by atoms with van der Waals surface area (Å²) in [6.45, 7) is 9.95. The number of nitrogens with zero attached hydrogens (tertiary/aromatic N) is 5. The molecule has 2 aliphatic rings. The number of benzene rings is 2. The number of fused-ring (bicyclic) bond motifs is 1. The number of carbonyl (C=O) groups excluding carboxylic acids is 1. The molecule has 0 radical (unpaired) electrons. The highest BCUT2D eigenvalue weighted by molar-refractivity contribution is 5.82. The zero-order valence-corrected chi connectivity index (χ0v) is 23.0. The van der Waals surface area contributed by atoms with Crippen molar-refractivity contribution < 1.29 is 14.3 Å². The van der Waals surface area contributed by atoms with Crippen molar-refractivity contribution in [1.29, 1.82) is 0 Å². The lowest BCUT2D eigenvalue weighted by atomic mass is 9.83. The van der Waals surface area contributed by atoms with Crippen molar-refractivity contribution in [2.75, 3.05) is 33.9 Å². The summed E-state index contributed by atoms with van der Waals surface area (Å²) >= 11 is 0. The highest BCUT2D eigenvalue weighted by Crippen LogP contribution is 2.45. The van der Waals surface area contributed by atoms with Crippen LogP contribution in [0.2, 0.25) is 0 Å². The molecular weight excluding hydrogens is 478 g/mol. The molecule has 2 fully saturated rings. The Morgan fingerprint density at radius 2 is 1.79 bits per heavy atom. The molecule has 0 saturated carbocycles. The number of ether oxygens (including phenoxy) is 2. The number of allylic oxidation sites excluding steroid dienone is 1. The van der Waals surface area contributed by atoms with Crippen molar-refractivity contribution in [1.82, 2.24) is 24.7 Å². The fourth-order valence-electron chi connectivity index (χ4n) is 6.25. The van der Waals surface area contributed by atoms with Crippen LogP contribution in [0.5, 0.6) is 11.5 Å². The van der Waals surface area contributed by atoms with Gasteiger partial charge in [-0.25, -0.2) is 4.79 Å². The Balaban J connectivity index is 1.39. The molecule has 5 rings (SSSR count). The van der Waals surface area contributed by atoms with Gasteiger partial charge in [0.05, 0.1) is 37.3 Å². The highest BCUT2D eigenvalue weighted by atomic mass is 16.5. The third-order valence-corrected chi connectivity index (χ3v) is 8.22. The van der Waals surface area contributed by atoms with Gasteiger partial charge >= 0.3 is 6.03 Å². The third kappa shape index (κ3) is 4.36. The Hall–Kier alpha value is -3.65. The van der Waals surface area contributed by atoms with Gasteiger partial charge in [0.15, 0.2) is 0 Å². The number of aromatic nitrogens is 2. The van der Waals surface area contributed by atoms with Crippen LogP contribution in [0, 0.1) is 6.92 Å². The lowest BCUT2D eigenvalue weighted by Crippen LogP contribution is -2.53. The summed E-state index contributed by atoms with van der Waals surface area (Å²) in [7, 11) is 3.31. The summed E-state index contributed by atoms with van der Waals surface area (Å²) in [5.74, 6) is 1.49. The van der Waals surface area contributed by atoms with Gasteiger partial charge in [0, 0.05) is 50.3 Å². The second kappa shape index (κ2) is 10.6. The molecule has 0 atom stereocenters. The number of likely N-dealkylation sites (N-methyl/N-ethyl adjacent to an activating group) is 1. The first kappa shape index (κ1) is 26.0. The molecule has 3 heterocycles. The predicted molar refractivity (Wildman–Crippen MR) is 148 cm³/mol. The number of piperidine rings is 1. The van der Waals surface area contributed by atoms with E-state index >= 15 is 0 Å². The second-order valence-corrected chi connectivity index (χ2v) is 10.0. The normalized spacial score (nSPS) is 18.7. The van der Waals surface area contributed by atoms with Gasteiger partial charge in [-0.3, -0.25) is 19.8 Å². The number of likely N-dealkylation sites (tertiary alicyclic amines) is 1. The number of rotatable bonds is 7. The number of carbonyl (C=O) groups is 1. The summed E-state index contributed by atoms with van der Waals surface area (Å²) in [6, 6.07) is 10.2. The number of urea groups is 1. The van der Waals surface area contributed by atoms with Gasteiger partial charge in [0.25, 0.3) is 0 Å². The molecule has 200 valence electrons. The summed E-state index contributed by atoms with van der Waals surface area (Å²) in [5, 5.41) is 0. The van der Waals surface area contributed by atoms with Crippen molar-refractivity contribution in [2.24, 2.45) is 0 Å². The molecule has 2 aromatic carbocycles. The van der Waals surface area contributed by atoms with E-state index in [0.717, 1.165) is 71.8 Å². The minimum absolute atomic E-state index is 0.0690. The van der Waals surface area contributed by atoms with Crippen LogP contribution in [0.3, 0.4) is 0 Å². The van der Waals surface area contributed by atoms with Crippen molar-refractivity contribution in [3.05, 3.63) is 71.2 Å². The molecule has 1 aromatic heterocycles. The van der Waals surface area contributed by atoms with E-state index in [2.05, 4.69) is 51.8 Å². The van der Waals surface area contributed by atoms with Crippen LogP contribution in [0.1, 0.15) is 43.4 Å². The summed E-state index contributed by atoms with van der Waals surface area (Å²) in [5.41, 5.74) is 5.93. The Bertz CT molecular complexity index is 1360. The minimum Gasteiger partial charge on any atom is -0.497 e. The first-order valence-electron chi connectivity index (χ1n) is 13.3. The topological polar surface area (TPSA) is 71.0 Å². The maximum atomic E-state index is 13.8. The van der Waals surface area contributed by atoms with Crippen LogP contribution in [-0.2, 0) is 13.1 Å². The Kier molecular flexibility index (Phi) is 7.25. The molecule has 0 unspecified atom stereocenters. The van der Waals surface area contributed by atoms with E-state index in [-0.39, 0.29) is 11.6 Å². The Labute approximate surface area is 224 Å². The van der Waals surface area contributed by atoms with Crippen LogP contribution in [0.25, 0.3) is 11.0 Å². The third-order valence-electron chi connectivity index (χ3n) is 8.22. The van der Waals surface area contributed by atoms with E-state index in [9.17, 15) is 4.79 Å². The second-order valence-electron chi connectivity index (χ2n) is 10.0. The molecule has 3 aromatic rings. The van der Waals surface area contributed by atoms with E-state index in [0.29, 0.717) is 13.1 Å². The summed E-state index contributed by atoms with van der Waals surface area (Å²) in [6.07, 6.45) is 7.41. The maximum absolute atomic E-state index is 13.8. The number of methoxy groups -OCH3 is 2. The van der Waals surface area contributed by atoms with Crippen molar-refractivity contribution in [2.45, 2.75) is 52.2 Å². The van der Waals surface area contributed by atoms with Gasteiger partial charge in [-0.15, -0.1) is 0 Å². The van der Waals surface area contributed by atoms with Crippen LogP contribution in [0.4, 0.5) is 4.79 Å². The largest absolute Gasteiger partial charge is 0.497 e. The SMILES string of the molecule is C/C=C1\N(Cc2cc(OC)cc(OC)c2C)C(=O)N(CC)C12CCN(Cc1cccc3nccnc13)CC2. The van der Waals surface area contributed by atoms with E-state index in [1.807, 2.05) is 30.0 Å². The fourth-order valence-corrected chi connectivity index (χ4v) is 6.25. The first-order chi connectivity index (χ1) is 18.4. The molecule has 0 bridgehead atoms. The van der Waals surface area contributed by atoms with Gasteiger partial charge in [-0.1, -0.05) is 18.2 Å². The molecule has 38 heavy (non-hydrogen) atoms. The van der Waals surface area contributed by atoms with E-state index in [1.165, 1.54) is 5.56 Å². The predicted octanol–water partition coefficient (Wildman–Crippen LogP) is 5.15. The van der Waals surface area contributed by atoms with Crippen LogP contribution >= 0.6 is 0 Å². The van der Waals surface area contributed by atoms with Crippen molar-refractivity contribution in [3.8, 4) is 11.5 Å². The first-order valence-corrected chi connectivity index (χ1v) is 13.3. The van der Waals surface area contributed by atoms with Gasteiger partial charge in [-0.2, -0.15) is 0 Å². The standard InChI is InChI=1S/C30H37N5O3/c1-6-27-30(11-15-33(16-12-30)19-22-9-8-10-25-28(22)32-14-13-31-25)35(7-2)29(36)34(27)20-23-17-24(37-4)18-26(38-5)21(23)3/h6,8-10,13-14,17-18H,7,11-12,15-16,19-20H2,1-5H3/b27-6-. The van der Waals surface area contributed by atoms with Gasteiger partial charge in [-0.05, 0) is 62.4 Å². The van der Waals surface area contributed by atoms with Crippen LogP contribution in [0.15, 0.2) is 54.5 Å². The van der Waals surface area contributed by atoms with E-state index in [1.54, 1.807) is 26.6 Å². The zero-order valence-electron chi connectivity index (χ0n) is 23.0. The molecule has 0 N–H and O–H groups in total. The van der Waals surface area contributed by atoms with Crippen molar-refractivity contribution >= 4 is 17.1 Å². The Morgan fingerprint density at radius 3 is 2.47 bits per heavy atom. The minimum atomic E-state index is -0.299. The molecular formula is C30H37N5O3. The molecule has 8 heteroatoms. The number of amides is 2. The lowest BCUT2D eigenvalue weighted by molar-refractivity contribution is 0.0891.